The number of aliphatic hydroxyl groups excluding tert-OH is 1. The van der Waals surface area contributed by atoms with Crippen LogP contribution in [0.25, 0.3) is 0 Å². The maximum Gasteiger partial charge on any atom is 0.141 e. The van der Waals surface area contributed by atoms with Crippen LogP contribution in [-0.2, 0) is 22.4 Å². The number of carbonyl (C=O) groups excluding carboxylic acids is 1. The van der Waals surface area contributed by atoms with Gasteiger partial charge in [-0.2, -0.15) is 0 Å². The van der Waals surface area contributed by atoms with Crippen LogP contribution in [0.3, 0.4) is 0 Å². The van der Waals surface area contributed by atoms with Gasteiger partial charge in [0, 0.05) is 31.2 Å². The van der Waals surface area contributed by atoms with Gasteiger partial charge in [0.2, 0.25) is 0 Å². The molecule has 5 fully saturated rings. The second-order valence-corrected chi connectivity index (χ2v) is 13.9. The van der Waals surface area contributed by atoms with Crippen molar-refractivity contribution in [2.75, 3.05) is 19.0 Å². The Balaban J connectivity index is 1.28. The first-order valence-electron chi connectivity index (χ1n) is 14.9. The van der Waals surface area contributed by atoms with Gasteiger partial charge in [0.15, 0.2) is 0 Å². The van der Waals surface area contributed by atoms with Gasteiger partial charge in [-0.05, 0) is 104 Å². The number of methoxy groups -OCH3 is 1. The van der Waals surface area contributed by atoms with Gasteiger partial charge >= 0.3 is 0 Å². The van der Waals surface area contributed by atoms with E-state index in [9.17, 15) is 15.0 Å². The standard InChI is InChI=1S/C32H47NO4/c1-6-22-8-7-20(14-24(22)33-18-19(2)34)13-21-9-11-31(16-21)12-10-23-17-29(3)30(31,4)27(23)28-25(35)15-26(37-5)32(28,29)36/h7-8,14,19,21,23,26-28,33-34,36H,6,9-13,15-18H2,1-5H3. The number of ketones is 1. The second kappa shape index (κ2) is 8.53. The van der Waals surface area contributed by atoms with Crippen molar-refractivity contribution in [3.63, 3.8) is 0 Å². The molecule has 0 saturated heterocycles. The summed E-state index contributed by atoms with van der Waals surface area (Å²) in [6, 6.07) is 6.86. The van der Waals surface area contributed by atoms with Gasteiger partial charge in [-0.1, -0.05) is 32.9 Å². The van der Waals surface area contributed by atoms with Crippen LogP contribution in [-0.4, -0.2) is 47.5 Å². The number of aryl methyl sites for hydroxylation is 1. The molecule has 1 aromatic carbocycles. The van der Waals surface area contributed by atoms with Gasteiger partial charge in [0.05, 0.1) is 18.1 Å². The number of rotatable bonds is 7. The van der Waals surface area contributed by atoms with Gasteiger partial charge in [-0.25, -0.2) is 0 Å². The topological polar surface area (TPSA) is 78.8 Å². The van der Waals surface area contributed by atoms with Crippen molar-refractivity contribution in [3.8, 4) is 0 Å². The maximum absolute atomic E-state index is 13.4. The zero-order valence-corrected chi connectivity index (χ0v) is 23.5. The Morgan fingerprint density at radius 2 is 1.95 bits per heavy atom. The van der Waals surface area contributed by atoms with Crippen LogP contribution in [0.1, 0.15) is 83.8 Å². The lowest BCUT2D eigenvalue weighted by Crippen LogP contribution is -2.58. The van der Waals surface area contributed by atoms with Gasteiger partial charge < -0.3 is 20.3 Å². The van der Waals surface area contributed by atoms with E-state index in [0.717, 1.165) is 24.9 Å². The van der Waals surface area contributed by atoms with Crippen LogP contribution in [0.5, 0.6) is 0 Å². The summed E-state index contributed by atoms with van der Waals surface area (Å²) in [5, 5.41) is 25.6. The zero-order chi connectivity index (χ0) is 26.4. The van der Waals surface area contributed by atoms with Crippen molar-refractivity contribution >= 4 is 11.5 Å². The Hall–Kier alpha value is -1.43. The first-order valence-corrected chi connectivity index (χ1v) is 14.9. The van der Waals surface area contributed by atoms with Crippen LogP contribution in [0, 0.1) is 39.9 Å². The van der Waals surface area contributed by atoms with Gasteiger partial charge in [-0.15, -0.1) is 0 Å². The molecule has 1 spiro atoms. The number of fused-ring (bicyclic) bond motifs is 2. The second-order valence-electron chi connectivity index (χ2n) is 13.9. The molecule has 5 aliphatic rings. The van der Waals surface area contributed by atoms with E-state index in [-0.39, 0.29) is 40.2 Å². The summed E-state index contributed by atoms with van der Waals surface area (Å²) in [6.07, 6.45) is 8.80. The van der Waals surface area contributed by atoms with E-state index in [1.165, 1.54) is 43.2 Å². The van der Waals surface area contributed by atoms with E-state index < -0.39 is 5.60 Å². The van der Waals surface area contributed by atoms with Crippen molar-refractivity contribution in [3.05, 3.63) is 29.3 Å². The normalized spacial score (nSPS) is 46.6. The van der Waals surface area contributed by atoms with Gasteiger partial charge in [-0.3, -0.25) is 4.79 Å². The molecular formula is C32H47NO4. The molecule has 0 heterocycles. The largest absolute Gasteiger partial charge is 0.392 e. The highest BCUT2D eigenvalue weighted by Gasteiger charge is 2.87. The van der Waals surface area contributed by atoms with Crippen LogP contribution >= 0.6 is 0 Å². The third kappa shape index (κ3) is 3.17. The zero-order valence-electron chi connectivity index (χ0n) is 23.5. The van der Waals surface area contributed by atoms with Crippen molar-refractivity contribution in [1.82, 2.24) is 0 Å². The number of hydrogen-bond donors (Lipinski definition) is 3. The highest BCUT2D eigenvalue weighted by Crippen LogP contribution is 2.85. The average Bonchev–Trinajstić information content (AvgIpc) is 3.49. The van der Waals surface area contributed by atoms with Crippen molar-refractivity contribution in [2.24, 2.45) is 39.9 Å². The molecule has 0 aliphatic heterocycles. The smallest absolute Gasteiger partial charge is 0.141 e. The summed E-state index contributed by atoms with van der Waals surface area (Å²) in [7, 11) is 1.68. The molecule has 0 amide bonds. The molecule has 6 rings (SSSR count). The van der Waals surface area contributed by atoms with Gasteiger partial charge in [0.25, 0.3) is 0 Å². The Morgan fingerprint density at radius 3 is 2.65 bits per heavy atom. The highest BCUT2D eigenvalue weighted by atomic mass is 16.5. The number of carbonyl (C=O) groups is 1. The number of ether oxygens (including phenoxy) is 1. The quantitative estimate of drug-likeness (QED) is 0.473. The average molecular weight is 510 g/mol. The Labute approximate surface area is 222 Å². The number of aliphatic hydroxyl groups is 2. The fraction of sp³-hybridized carbons (Fsp3) is 0.781. The molecule has 10 atom stereocenters. The van der Waals surface area contributed by atoms with Crippen LogP contribution in [0.2, 0.25) is 0 Å². The maximum atomic E-state index is 13.4. The van der Waals surface area contributed by atoms with E-state index in [4.69, 9.17) is 4.74 Å². The summed E-state index contributed by atoms with van der Waals surface area (Å²) < 4.78 is 5.83. The summed E-state index contributed by atoms with van der Waals surface area (Å²) in [4.78, 5) is 13.4. The molecule has 0 aromatic heterocycles. The Kier molecular flexibility index (Phi) is 5.96. The minimum atomic E-state index is -1.02. The highest BCUT2D eigenvalue weighted by molar-refractivity contribution is 5.88. The minimum absolute atomic E-state index is 0.0278. The molecule has 10 unspecified atom stereocenters. The predicted molar refractivity (Wildman–Crippen MR) is 145 cm³/mol. The number of nitrogens with one attached hydrogen (secondary N) is 1. The van der Waals surface area contributed by atoms with Crippen LogP contribution in [0.4, 0.5) is 5.69 Å². The van der Waals surface area contributed by atoms with E-state index >= 15 is 0 Å². The number of benzene rings is 1. The molecule has 5 aliphatic carbocycles. The molecule has 0 radical (unpaired) electrons. The summed E-state index contributed by atoms with van der Waals surface area (Å²) in [6.45, 7) is 9.37. The molecule has 1 aromatic rings. The van der Waals surface area contributed by atoms with Gasteiger partial charge in [0.1, 0.15) is 11.4 Å². The summed E-state index contributed by atoms with van der Waals surface area (Å²) in [5.41, 5.74) is 2.69. The van der Waals surface area contributed by atoms with E-state index in [0.29, 0.717) is 30.7 Å². The van der Waals surface area contributed by atoms with E-state index in [1.807, 2.05) is 6.92 Å². The predicted octanol–water partition coefficient (Wildman–Crippen LogP) is 5.16. The third-order valence-corrected chi connectivity index (χ3v) is 12.7. The first kappa shape index (κ1) is 25.8. The van der Waals surface area contributed by atoms with Crippen molar-refractivity contribution in [1.29, 1.82) is 0 Å². The lowest BCUT2D eigenvalue weighted by Gasteiger charge is -2.57. The monoisotopic (exact) mass is 509 g/mol. The summed E-state index contributed by atoms with van der Waals surface area (Å²) >= 11 is 0. The van der Waals surface area contributed by atoms with E-state index in [2.05, 4.69) is 44.3 Å². The fourth-order valence-electron chi connectivity index (χ4n) is 11.1. The van der Waals surface area contributed by atoms with E-state index in [1.54, 1.807) is 7.11 Å². The van der Waals surface area contributed by atoms with Crippen LogP contribution < -0.4 is 5.32 Å². The van der Waals surface area contributed by atoms with Crippen LogP contribution in [0.15, 0.2) is 18.2 Å². The molecule has 204 valence electrons. The molecular weight excluding hydrogens is 462 g/mol. The number of hydrogen-bond acceptors (Lipinski definition) is 5. The molecule has 37 heavy (non-hydrogen) atoms. The molecule has 5 nitrogen and oxygen atoms in total. The third-order valence-electron chi connectivity index (χ3n) is 12.7. The Bertz CT molecular complexity index is 1090. The molecule has 4 bridgehead atoms. The minimum Gasteiger partial charge on any atom is -0.392 e. The first-order chi connectivity index (χ1) is 17.5. The lowest BCUT2D eigenvalue weighted by atomic mass is 9.48. The van der Waals surface area contributed by atoms with Crippen molar-refractivity contribution < 1.29 is 19.7 Å². The fourth-order valence-corrected chi connectivity index (χ4v) is 11.1. The molecule has 3 N–H and O–H groups in total. The molecule has 5 heteroatoms. The number of Topliss-reactive ketones (excluding diaryl/α,β-unsaturated/α-hetero) is 1. The Morgan fingerprint density at radius 1 is 1.19 bits per heavy atom. The van der Waals surface area contributed by atoms with Crippen molar-refractivity contribution in [2.45, 2.75) is 103 Å². The summed E-state index contributed by atoms with van der Waals surface area (Å²) in [5.74, 6) is 1.49. The SMILES string of the molecule is CCc1ccc(CC2CCC3(CCC4CC5(C)C6(O)C(OC)CC(=O)C6C4C35C)C2)cc1NCC(C)O. The molecule has 5 saturated carbocycles. The lowest BCUT2D eigenvalue weighted by molar-refractivity contribution is -0.186. The number of anilines is 1.